The summed E-state index contributed by atoms with van der Waals surface area (Å²) in [6.07, 6.45) is -1.81. The fraction of sp³-hybridized carbons (Fsp3) is 0.867. The molecule has 0 radical (unpaired) electrons. The maximum Gasteiger partial charge on any atom is 0.325 e. The van der Waals surface area contributed by atoms with Crippen LogP contribution in [-0.2, 0) is 9.22 Å². The smallest absolute Gasteiger partial charge is 0.325 e. The van der Waals surface area contributed by atoms with Crippen LogP contribution in [0.25, 0.3) is 0 Å². The van der Waals surface area contributed by atoms with Crippen molar-refractivity contribution in [1.29, 1.82) is 0 Å². The van der Waals surface area contributed by atoms with E-state index in [-0.39, 0.29) is 29.2 Å². The van der Waals surface area contributed by atoms with Gasteiger partial charge in [0, 0.05) is 19.6 Å². The minimum atomic E-state index is -1.95. The normalized spacial score (nSPS) is 32.2. The molecule has 0 spiro atoms. The largest absolute Gasteiger partial charge is 0.416 e. The van der Waals surface area contributed by atoms with Crippen LogP contribution in [0.2, 0.25) is 18.1 Å². The Morgan fingerprint density at radius 3 is 2.46 bits per heavy atom. The molecule has 138 valence electrons. The Bertz CT molecular complexity index is 511. The van der Waals surface area contributed by atoms with Crippen LogP contribution in [0.3, 0.4) is 0 Å². The van der Waals surface area contributed by atoms with Gasteiger partial charge in [-0.15, -0.1) is 11.8 Å². The minimum Gasteiger partial charge on any atom is -0.416 e. The van der Waals surface area contributed by atoms with Gasteiger partial charge in [-0.25, -0.2) is 4.79 Å². The topological polar surface area (TPSA) is 99.1 Å². The van der Waals surface area contributed by atoms with Crippen molar-refractivity contribution >= 4 is 32.0 Å². The van der Waals surface area contributed by atoms with Crippen LogP contribution in [0, 0.1) is 0 Å². The van der Waals surface area contributed by atoms with Crippen molar-refractivity contribution < 1.29 is 24.2 Å². The van der Waals surface area contributed by atoms with Gasteiger partial charge in [0.1, 0.15) is 11.5 Å². The average Bonchev–Trinajstić information content (AvgIpc) is 2.72. The van der Waals surface area contributed by atoms with Crippen molar-refractivity contribution in [3.63, 3.8) is 0 Å². The lowest BCUT2D eigenvalue weighted by atomic mass is 10.1. The van der Waals surface area contributed by atoms with Gasteiger partial charge in [-0.1, -0.05) is 20.8 Å². The third-order valence-corrected chi connectivity index (χ3v) is 11.2. The zero-order chi connectivity index (χ0) is 18.3. The van der Waals surface area contributed by atoms with Crippen LogP contribution in [0.1, 0.15) is 27.2 Å². The van der Waals surface area contributed by atoms with Crippen molar-refractivity contribution in [2.24, 2.45) is 0 Å². The molecule has 0 aliphatic carbocycles. The Hall–Kier alpha value is -0.613. The molecule has 2 aliphatic rings. The molecule has 7 nitrogen and oxygen atoms in total. The van der Waals surface area contributed by atoms with E-state index < -0.39 is 31.9 Å². The summed E-state index contributed by atoms with van der Waals surface area (Å²) in [6, 6.07) is -0.513. The van der Waals surface area contributed by atoms with E-state index in [1.807, 2.05) is 0 Å². The van der Waals surface area contributed by atoms with Crippen molar-refractivity contribution in [2.75, 3.05) is 13.2 Å². The predicted molar refractivity (Wildman–Crippen MR) is 95.2 cm³/mol. The molecular formula is C15H28N2O5SSi. The third-order valence-electron chi connectivity index (χ3n) is 5.15. The average molecular weight is 377 g/mol. The molecule has 2 fully saturated rings. The van der Waals surface area contributed by atoms with Crippen molar-refractivity contribution in [2.45, 2.75) is 68.2 Å². The molecule has 3 N–H and O–H groups in total. The fourth-order valence-corrected chi connectivity index (χ4v) is 5.10. The highest BCUT2D eigenvalue weighted by Gasteiger charge is 2.48. The van der Waals surface area contributed by atoms with E-state index in [0.29, 0.717) is 6.61 Å². The van der Waals surface area contributed by atoms with E-state index in [4.69, 9.17) is 4.43 Å². The van der Waals surface area contributed by atoms with Crippen LogP contribution in [0.4, 0.5) is 4.79 Å². The quantitative estimate of drug-likeness (QED) is 0.636. The number of carbonyl (C=O) groups excluding carboxylic acids is 2. The van der Waals surface area contributed by atoms with Crippen LogP contribution in [0.5, 0.6) is 0 Å². The first-order valence-electron chi connectivity index (χ1n) is 8.20. The van der Waals surface area contributed by atoms with Crippen molar-refractivity contribution in [3.05, 3.63) is 0 Å². The molecule has 2 saturated heterocycles. The van der Waals surface area contributed by atoms with Gasteiger partial charge in [0.15, 0.2) is 8.32 Å². The third kappa shape index (κ3) is 3.96. The SMILES string of the molecule is CC(C)(C)[Si](C)(C)OC[C@H]1S[C@@H](N2CCC(=O)NC2=O)[C@@H](O)C1O. The van der Waals surface area contributed by atoms with E-state index >= 15 is 0 Å². The number of rotatable bonds is 4. The van der Waals surface area contributed by atoms with Crippen LogP contribution in [-0.4, -0.2) is 71.4 Å². The van der Waals surface area contributed by atoms with Gasteiger partial charge in [0.2, 0.25) is 5.91 Å². The van der Waals surface area contributed by atoms with Crippen LogP contribution >= 0.6 is 11.8 Å². The molecule has 2 heterocycles. The molecule has 0 saturated carbocycles. The van der Waals surface area contributed by atoms with Gasteiger partial charge in [-0.3, -0.25) is 10.1 Å². The van der Waals surface area contributed by atoms with Crippen molar-refractivity contribution in [3.8, 4) is 0 Å². The number of amides is 3. The molecule has 1 unspecified atom stereocenters. The highest BCUT2D eigenvalue weighted by atomic mass is 32.2. The molecule has 0 aromatic carbocycles. The van der Waals surface area contributed by atoms with E-state index in [1.54, 1.807) is 0 Å². The number of carbonyl (C=O) groups is 2. The maximum atomic E-state index is 12.0. The molecule has 0 bridgehead atoms. The Balaban J connectivity index is 2.00. The van der Waals surface area contributed by atoms with Crippen LogP contribution in [0.15, 0.2) is 0 Å². The molecule has 2 rings (SSSR count). The zero-order valence-corrected chi connectivity index (χ0v) is 16.7. The Kier molecular flexibility index (Phi) is 5.71. The molecule has 3 amide bonds. The number of thioether (sulfide) groups is 1. The molecule has 24 heavy (non-hydrogen) atoms. The van der Waals surface area contributed by atoms with Crippen molar-refractivity contribution in [1.82, 2.24) is 10.2 Å². The number of imide groups is 1. The first kappa shape index (κ1) is 19.7. The zero-order valence-electron chi connectivity index (χ0n) is 14.9. The monoisotopic (exact) mass is 376 g/mol. The standard InChI is InChI=1S/C15H28N2O5SSi/c1-15(2,3)24(4,5)22-8-9-11(19)12(20)13(23-9)17-7-6-10(18)16-14(17)21/h9,11-13,19-20H,6-8H2,1-5H3,(H,16,18,21)/t9-,11?,12+,13-/m1/s1. The molecule has 0 aromatic heterocycles. The maximum absolute atomic E-state index is 12.0. The molecule has 0 aromatic rings. The molecule has 4 atom stereocenters. The highest BCUT2D eigenvalue weighted by Crippen LogP contribution is 2.40. The minimum absolute atomic E-state index is 0.0619. The summed E-state index contributed by atoms with van der Waals surface area (Å²) in [5.74, 6) is -0.313. The number of aliphatic hydroxyl groups excluding tert-OH is 2. The van der Waals surface area contributed by atoms with Gasteiger partial charge in [0.25, 0.3) is 0 Å². The predicted octanol–water partition coefficient (Wildman–Crippen LogP) is 1.11. The van der Waals surface area contributed by atoms with Gasteiger partial charge in [-0.2, -0.15) is 0 Å². The number of nitrogens with zero attached hydrogens (tertiary/aromatic N) is 1. The summed E-state index contributed by atoms with van der Waals surface area (Å²) in [5, 5.41) is 22.1. The number of nitrogens with one attached hydrogen (secondary N) is 1. The Morgan fingerprint density at radius 2 is 1.92 bits per heavy atom. The molecule has 9 heteroatoms. The summed E-state index contributed by atoms with van der Waals surface area (Å²) < 4.78 is 6.15. The van der Waals surface area contributed by atoms with Gasteiger partial charge < -0.3 is 19.5 Å². The van der Waals surface area contributed by atoms with Gasteiger partial charge in [-0.05, 0) is 18.1 Å². The number of hydrogen-bond donors (Lipinski definition) is 3. The Labute approximate surface area is 148 Å². The summed E-state index contributed by atoms with van der Waals surface area (Å²) in [6.45, 7) is 11.3. The van der Waals surface area contributed by atoms with E-state index in [0.717, 1.165) is 0 Å². The lowest BCUT2D eigenvalue weighted by Crippen LogP contribution is -2.55. The van der Waals surface area contributed by atoms with Gasteiger partial charge in [0.05, 0.1) is 11.4 Å². The van der Waals surface area contributed by atoms with Crippen LogP contribution < -0.4 is 5.32 Å². The second-order valence-electron chi connectivity index (χ2n) is 7.91. The number of hydrogen-bond acceptors (Lipinski definition) is 6. The first-order chi connectivity index (χ1) is 10.9. The fourth-order valence-electron chi connectivity index (χ4n) is 2.45. The lowest BCUT2D eigenvalue weighted by Gasteiger charge is -2.37. The molecular weight excluding hydrogens is 348 g/mol. The second-order valence-corrected chi connectivity index (χ2v) is 14.1. The number of aliphatic hydroxyl groups is 2. The molecule has 2 aliphatic heterocycles. The highest BCUT2D eigenvalue weighted by molar-refractivity contribution is 8.00. The van der Waals surface area contributed by atoms with E-state index in [2.05, 4.69) is 39.2 Å². The Morgan fingerprint density at radius 1 is 1.29 bits per heavy atom. The number of urea groups is 1. The second kappa shape index (κ2) is 6.95. The first-order valence-corrected chi connectivity index (χ1v) is 12.0. The summed E-state index contributed by atoms with van der Waals surface area (Å²) in [4.78, 5) is 24.6. The van der Waals surface area contributed by atoms with E-state index in [9.17, 15) is 19.8 Å². The summed E-state index contributed by atoms with van der Waals surface area (Å²) in [7, 11) is -1.95. The summed E-state index contributed by atoms with van der Waals surface area (Å²) in [5.41, 5.74) is 0. The summed E-state index contributed by atoms with van der Waals surface area (Å²) >= 11 is 1.34. The van der Waals surface area contributed by atoms with E-state index in [1.165, 1.54) is 16.7 Å². The lowest BCUT2D eigenvalue weighted by molar-refractivity contribution is -0.121. The van der Waals surface area contributed by atoms with Gasteiger partial charge >= 0.3 is 6.03 Å².